The number of carbonyl (C=O) groups excluding carboxylic acids is 1. The third-order valence-corrected chi connectivity index (χ3v) is 4.67. The van der Waals surface area contributed by atoms with Gasteiger partial charge in [-0.05, 0) is 31.2 Å². The number of hydrogen-bond acceptors (Lipinski definition) is 4. The molecule has 1 aromatic carbocycles. The predicted octanol–water partition coefficient (Wildman–Crippen LogP) is 2.75. The molecule has 2 atom stereocenters. The number of sulfonamides is 1. The van der Waals surface area contributed by atoms with E-state index in [-0.39, 0.29) is 16.5 Å². The maximum atomic E-state index is 12.9. The second-order valence-corrected chi connectivity index (χ2v) is 6.79. The van der Waals surface area contributed by atoms with Crippen molar-refractivity contribution in [1.82, 2.24) is 4.72 Å². The smallest absolute Gasteiger partial charge is 0.393 e. The maximum Gasteiger partial charge on any atom is 0.393 e. The van der Waals surface area contributed by atoms with Crippen molar-refractivity contribution in [2.45, 2.75) is 31.0 Å². The van der Waals surface area contributed by atoms with Crippen LogP contribution in [0.25, 0.3) is 0 Å². The molecule has 0 saturated carbocycles. The minimum Gasteiger partial charge on any atom is -0.465 e. The topological polar surface area (TPSA) is 72.5 Å². The summed E-state index contributed by atoms with van der Waals surface area (Å²) in [5.74, 6) is -3.56. The van der Waals surface area contributed by atoms with Crippen LogP contribution in [0.15, 0.2) is 29.2 Å². The second kappa shape index (κ2) is 7.50. The van der Waals surface area contributed by atoms with Gasteiger partial charge < -0.3 is 4.74 Å². The van der Waals surface area contributed by atoms with Gasteiger partial charge in [0.05, 0.1) is 17.4 Å². The summed E-state index contributed by atoms with van der Waals surface area (Å²) in [5.41, 5.74) is 0. The normalized spacial score (nSPS) is 15.0. The average molecular weight is 374 g/mol. The van der Waals surface area contributed by atoms with Crippen LogP contribution in [-0.2, 0) is 19.6 Å². The van der Waals surface area contributed by atoms with Crippen LogP contribution in [0.2, 0.25) is 5.02 Å². The lowest BCUT2D eigenvalue weighted by molar-refractivity contribution is -0.185. The Morgan fingerprint density at radius 1 is 1.30 bits per heavy atom. The summed E-state index contributed by atoms with van der Waals surface area (Å²) in [4.78, 5) is 11.4. The monoisotopic (exact) mass is 373 g/mol. The zero-order chi connectivity index (χ0) is 17.8. The number of hydrogen-bond donors (Lipinski definition) is 1. The van der Waals surface area contributed by atoms with Crippen molar-refractivity contribution >= 4 is 27.6 Å². The van der Waals surface area contributed by atoms with E-state index in [1.807, 2.05) is 0 Å². The van der Waals surface area contributed by atoms with E-state index in [1.165, 1.54) is 19.1 Å². The molecule has 1 N–H and O–H groups in total. The number of alkyl halides is 3. The van der Waals surface area contributed by atoms with Gasteiger partial charge in [0.15, 0.2) is 0 Å². The molecule has 1 aromatic rings. The molecule has 0 amide bonds. The molecule has 0 saturated heterocycles. The highest BCUT2D eigenvalue weighted by Gasteiger charge is 2.46. The maximum absolute atomic E-state index is 12.9. The lowest BCUT2D eigenvalue weighted by atomic mass is 10.0. The second-order valence-electron chi connectivity index (χ2n) is 4.64. The van der Waals surface area contributed by atoms with E-state index >= 15 is 0 Å². The van der Waals surface area contributed by atoms with E-state index in [0.717, 1.165) is 12.1 Å². The first-order chi connectivity index (χ1) is 10.5. The van der Waals surface area contributed by atoms with Gasteiger partial charge in [0.1, 0.15) is 6.04 Å². The van der Waals surface area contributed by atoms with E-state index in [2.05, 4.69) is 4.74 Å². The Morgan fingerprint density at radius 2 is 1.83 bits per heavy atom. The molecule has 0 fully saturated rings. The quantitative estimate of drug-likeness (QED) is 0.778. The Kier molecular flexibility index (Phi) is 6.43. The molecular weight excluding hydrogens is 359 g/mol. The van der Waals surface area contributed by atoms with Gasteiger partial charge >= 0.3 is 12.1 Å². The number of ether oxygens (including phenoxy) is 1. The van der Waals surface area contributed by atoms with E-state index in [9.17, 15) is 26.4 Å². The summed E-state index contributed by atoms with van der Waals surface area (Å²) in [6, 6.07) is 2.68. The van der Waals surface area contributed by atoms with Gasteiger partial charge in [0.25, 0.3) is 0 Å². The van der Waals surface area contributed by atoms with Crippen LogP contribution in [0.4, 0.5) is 13.2 Å². The summed E-state index contributed by atoms with van der Waals surface area (Å²) in [6.45, 7) is 1.93. The zero-order valence-electron chi connectivity index (χ0n) is 12.2. The van der Waals surface area contributed by atoms with E-state index in [4.69, 9.17) is 11.6 Å². The third kappa shape index (κ3) is 5.36. The highest BCUT2D eigenvalue weighted by Crippen LogP contribution is 2.29. The summed E-state index contributed by atoms with van der Waals surface area (Å²) >= 11 is 5.63. The van der Waals surface area contributed by atoms with Crippen molar-refractivity contribution < 1.29 is 31.1 Å². The molecule has 23 heavy (non-hydrogen) atoms. The molecule has 5 nitrogen and oxygen atoms in total. The summed E-state index contributed by atoms with van der Waals surface area (Å²) in [5, 5.41) is 0.259. The van der Waals surface area contributed by atoms with Gasteiger partial charge in [-0.1, -0.05) is 18.5 Å². The van der Waals surface area contributed by atoms with Crippen molar-refractivity contribution in [1.29, 1.82) is 0 Å². The standard InChI is InChI=1S/C13H15ClF3NO4S/c1-3-22-12(19)11(8(2)13(15,16)17)18-23(20,21)10-6-4-9(14)5-7-10/h4-8,11,18H,3H2,1-2H3/t8-,11+/m1/s1. The minimum absolute atomic E-state index is 0.178. The van der Waals surface area contributed by atoms with Gasteiger partial charge in [-0.25, -0.2) is 8.42 Å². The molecule has 0 radical (unpaired) electrons. The first-order valence-electron chi connectivity index (χ1n) is 6.50. The molecule has 0 spiro atoms. The number of carbonyl (C=O) groups is 1. The van der Waals surface area contributed by atoms with E-state index in [0.29, 0.717) is 6.92 Å². The van der Waals surface area contributed by atoms with Crippen LogP contribution < -0.4 is 4.72 Å². The Balaban J connectivity index is 3.13. The van der Waals surface area contributed by atoms with Gasteiger partial charge in [0.2, 0.25) is 10.0 Å². The van der Waals surface area contributed by atoms with Crippen molar-refractivity contribution in [3.05, 3.63) is 29.3 Å². The number of benzene rings is 1. The fraction of sp³-hybridized carbons (Fsp3) is 0.462. The van der Waals surface area contributed by atoms with E-state index < -0.39 is 34.1 Å². The Labute approximate surface area is 136 Å². The number of nitrogens with one attached hydrogen (secondary N) is 1. The van der Waals surface area contributed by atoms with Crippen LogP contribution in [0.5, 0.6) is 0 Å². The first kappa shape index (κ1) is 19.7. The minimum atomic E-state index is -4.78. The molecule has 10 heteroatoms. The molecule has 1 rings (SSSR count). The van der Waals surface area contributed by atoms with Crippen LogP contribution in [-0.4, -0.2) is 33.2 Å². The summed E-state index contributed by atoms with van der Waals surface area (Å²) < 4.78 is 69.2. The predicted molar refractivity (Wildman–Crippen MR) is 77.4 cm³/mol. The fourth-order valence-corrected chi connectivity index (χ4v) is 3.02. The van der Waals surface area contributed by atoms with Crippen LogP contribution in [0.3, 0.4) is 0 Å². The van der Waals surface area contributed by atoms with E-state index in [1.54, 1.807) is 4.72 Å². The van der Waals surface area contributed by atoms with Gasteiger partial charge in [-0.3, -0.25) is 4.79 Å². The van der Waals surface area contributed by atoms with Crippen molar-refractivity contribution in [2.75, 3.05) is 6.61 Å². The summed E-state index contributed by atoms with van der Waals surface area (Å²) in [6.07, 6.45) is -4.78. The molecule has 0 aliphatic carbocycles. The Morgan fingerprint density at radius 3 is 2.26 bits per heavy atom. The molecule has 0 aliphatic heterocycles. The largest absolute Gasteiger partial charge is 0.465 e. The van der Waals surface area contributed by atoms with Crippen LogP contribution in [0.1, 0.15) is 13.8 Å². The number of halogens is 4. The fourth-order valence-electron chi connectivity index (χ4n) is 1.62. The van der Waals surface area contributed by atoms with Crippen LogP contribution in [0, 0.1) is 5.92 Å². The van der Waals surface area contributed by atoms with Crippen LogP contribution >= 0.6 is 11.6 Å². The zero-order valence-corrected chi connectivity index (χ0v) is 13.8. The molecule has 0 bridgehead atoms. The van der Waals surface area contributed by atoms with Gasteiger partial charge in [0, 0.05) is 5.02 Å². The molecule has 130 valence electrons. The molecule has 0 unspecified atom stereocenters. The average Bonchev–Trinajstić information content (AvgIpc) is 2.43. The molecule has 0 heterocycles. The van der Waals surface area contributed by atoms with Gasteiger partial charge in [-0.15, -0.1) is 0 Å². The Hall–Kier alpha value is -1.32. The molecule has 0 aromatic heterocycles. The lowest BCUT2D eigenvalue weighted by Crippen LogP contribution is -2.50. The van der Waals surface area contributed by atoms with Crippen molar-refractivity contribution in [2.24, 2.45) is 5.92 Å². The highest BCUT2D eigenvalue weighted by atomic mass is 35.5. The highest BCUT2D eigenvalue weighted by molar-refractivity contribution is 7.89. The Bertz CT molecular complexity index is 646. The van der Waals surface area contributed by atoms with Crippen molar-refractivity contribution in [3.63, 3.8) is 0 Å². The van der Waals surface area contributed by atoms with Gasteiger partial charge in [-0.2, -0.15) is 17.9 Å². The first-order valence-corrected chi connectivity index (χ1v) is 8.36. The van der Waals surface area contributed by atoms with Crippen molar-refractivity contribution in [3.8, 4) is 0 Å². The third-order valence-electron chi connectivity index (χ3n) is 2.96. The molecular formula is C13H15ClF3NO4S. The molecule has 0 aliphatic rings. The SMILES string of the molecule is CCOC(=O)[C@@H](NS(=O)(=O)c1ccc(Cl)cc1)[C@@H](C)C(F)(F)F. The summed E-state index contributed by atoms with van der Waals surface area (Å²) in [7, 11) is -4.35. The number of rotatable bonds is 6. The lowest BCUT2D eigenvalue weighted by Gasteiger charge is -2.25. The number of esters is 1.